The van der Waals surface area contributed by atoms with Crippen molar-refractivity contribution in [2.24, 2.45) is 0 Å². The summed E-state index contributed by atoms with van der Waals surface area (Å²) in [6.07, 6.45) is 0. The maximum atomic E-state index is 12.1. The summed E-state index contributed by atoms with van der Waals surface area (Å²) in [7, 11) is 0. The normalized spacial score (nSPS) is 16.3. The van der Waals surface area contributed by atoms with Crippen LogP contribution in [0, 0.1) is 13.8 Å². The molecule has 2 aromatic rings. The lowest BCUT2D eigenvalue weighted by atomic mass is 10.1. The molecule has 1 N–H and O–H groups in total. The number of carbonyl (C=O) groups excluding carboxylic acids is 1. The third kappa shape index (κ3) is 5.68. The highest BCUT2D eigenvalue weighted by molar-refractivity contribution is 7.09. The van der Waals surface area contributed by atoms with Crippen LogP contribution in [0.2, 0.25) is 0 Å². The molecule has 0 spiro atoms. The van der Waals surface area contributed by atoms with E-state index in [0.29, 0.717) is 6.54 Å². The number of hydrogen-bond donors (Lipinski definition) is 1. The number of nitrogens with zero attached hydrogens (tertiary/aromatic N) is 4. The Balaban J connectivity index is 1.52. The van der Waals surface area contributed by atoms with Crippen LogP contribution >= 0.6 is 11.3 Å². The number of piperazine rings is 1. The van der Waals surface area contributed by atoms with Crippen LogP contribution in [0.25, 0.3) is 11.3 Å². The van der Waals surface area contributed by atoms with Gasteiger partial charge in [0, 0.05) is 60.6 Å². The molecule has 7 heteroatoms. The largest absolute Gasteiger partial charge is 0.350 e. The van der Waals surface area contributed by atoms with Crippen molar-refractivity contribution in [3.8, 4) is 11.3 Å². The molecule has 1 saturated heterocycles. The number of nitrogens with one attached hydrogen (secondary N) is 1. The van der Waals surface area contributed by atoms with Gasteiger partial charge in [-0.15, -0.1) is 11.3 Å². The smallest absolute Gasteiger partial charge is 0.234 e. The Hall–Kier alpha value is -1.70. The van der Waals surface area contributed by atoms with Gasteiger partial charge >= 0.3 is 0 Å². The Bertz CT molecular complexity index is 840. The van der Waals surface area contributed by atoms with Crippen LogP contribution < -0.4 is 5.32 Å². The average Bonchev–Trinajstić information content (AvgIpc) is 3.19. The molecule has 1 fully saturated rings. The van der Waals surface area contributed by atoms with Crippen molar-refractivity contribution in [2.75, 3.05) is 32.7 Å². The first-order valence-corrected chi connectivity index (χ1v) is 11.4. The Morgan fingerprint density at radius 2 is 1.83 bits per heavy atom. The molecule has 0 aliphatic carbocycles. The van der Waals surface area contributed by atoms with Gasteiger partial charge in [0.1, 0.15) is 5.01 Å². The number of aryl methyl sites for hydroxylation is 1. The highest BCUT2D eigenvalue weighted by Gasteiger charge is 2.22. The van der Waals surface area contributed by atoms with E-state index in [1.807, 2.05) is 20.8 Å². The fourth-order valence-corrected chi connectivity index (χ4v) is 4.85. The Labute approximate surface area is 178 Å². The van der Waals surface area contributed by atoms with E-state index in [1.54, 1.807) is 11.3 Å². The minimum absolute atomic E-state index is 0.111. The van der Waals surface area contributed by atoms with Gasteiger partial charge in [-0.1, -0.05) is 0 Å². The molecule has 1 aliphatic rings. The first kappa shape index (κ1) is 22.0. The van der Waals surface area contributed by atoms with Crippen LogP contribution in [0.5, 0.6) is 0 Å². The van der Waals surface area contributed by atoms with Crippen molar-refractivity contribution in [1.82, 2.24) is 24.7 Å². The Kier molecular flexibility index (Phi) is 6.81. The molecule has 0 unspecified atom stereocenters. The number of carbonyl (C=O) groups is 1. The summed E-state index contributed by atoms with van der Waals surface area (Å²) in [5, 5.41) is 6.40. The monoisotopic (exact) mass is 417 g/mol. The quantitative estimate of drug-likeness (QED) is 0.784. The molecule has 2 aromatic heterocycles. The maximum Gasteiger partial charge on any atom is 0.234 e. The minimum atomic E-state index is -0.170. The van der Waals surface area contributed by atoms with Gasteiger partial charge in [0.25, 0.3) is 0 Å². The lowest BCUT2D eigenvalue weighted by Gasteiger charge is -2.34. The molecule has 0 bridgehead atoms. The van der Waals surface area contributed by atoms with Crippen molar-refractivity contribution in [1.29, 1.82) is 0 Å². The summed E-state index contributed by atoms with van der Waals surface area (Å²) >= 11 is 1.75. The third-order valence-electron chi connectivity index (χ3n) is 5.42. The molecule has 0 radical (unpaired) electrons. The van der Waals surface area contributed by atoms with E-state index < -0.39 is 0 Å². The second kappa shape index (κ2) is 8.98. The molecule has 3 heterocycles. The fourth-order valence-electron chi connectivity index (χ4n) is 4.01. The number of hydrogen-bond acceptors (Lipinski definition) is 5. The van der Waals surface area contributed by atoms with Crippen LogP contribution in [0.3, 0.4) is 0 Å². The van der Waals surface area contributed by atoms with Gasteiger partial charge in [-0.05, 0) is 47.6 Å². The van der Waals surface area contributed by atoms with Gasteiger partial charge in [-0.25, -0.2) is 4.98 Å². The maximum absolute atomic E-state index is 12.1. The van der Waals surface area contributed by atoms with E-state index >= 15 is 0 Å². The zero-order valence-electron chi connectivity index (χ0n) is 18.7. The Morgan fingerprint density at radius 3 is 2.41 bits per heavy atom. The number of rotatable bonds is 6. The average molecular weight is 418 g/mol. The van der Waals surface area contributed by atoms with Gasteiger partial charge < -0.3 is 9.88 Å². The van der Waals surface area contributed by atoms with Crippen LogP contribution in [0.4, 0.5) is 0 Å². The van der Waals surface area contributed by atoms with Crippen LogP contribution in [0.15, 0.2) is 11.4 Å². The van der Waals surface area contributed by atoms with Gasteiger partial charge in [-0.2, -0.15) is 0 Å². The summed E-state index contributed by atoms with van der Waals surface area (Å²) in [6.45, 7) is 18.7. The van der Waals surface area contributed by atoms with E-state index in [-0.39, 0.29) is 11.4 Å². The molecule has 0 atom stereocenters. The van der Waals surface area contributed by atoms with Crippen molar-refractivity contribution in [3.63, 3.8) is 0 Å². The molecule has 0 saturated carbocycles. The van der Waals surface area contributed by atoms with E-state index in [4.69, 9.17) is 4.98 Å². The topological polar surface area (TPSA) is 53.4 Å². The lowest BCUT2D eigenvalue weighted by Crippen LogP contribution is -2.51. The number of thiazole rings is 1. The van der Waals surface area contributed by atoms with E-state index in [0.717, 1.165) is 45.0 Å². The summed E-state index contributed by atoms with van der Waals surface area (Å²) < 4.78 is 2.34. The molecule has 1 amide bonds. The number of aromatic nitrogens is 2. The molecule has 6 nitrogen and oxygen atoms in total. The summed E-state index contributed by atoms with van der Waals surface area (Å²) in [4.78, 5) is 21.7. The van der Waals surface area contributed by atoms with Crippen molar-refractivity contribution in [2.45, 2.75) is 60.2 Å². The number of amides is 1. The van der Waals surface area contributed by atoms with Gasteiger partial charge in [0.2, 0.25) is 5.91 Å². The lowest BCUT2D eigenvalue weighted by molar-refractivity contribution is -0.124. The fraction of sp³-hybridized carbons (Fsp3) is 0.636. The molecule has 1 aliphatic heterocycles. The standard InChI is InChI=1S/C22H35N5OS/c1-7-27-16(2)12-18(17(27)3)19-15-29-21(23-19)14-26-10-8-25(9-11-26)13-20(28)24-22(4,5)6/h12,15H,7-11,13-14H2,1-6H3,(H,24,28). The van der Waals surface area contributed by atoms with E-state index in [2.05, 4.69) is 51.9 Å². The van der Waals surface area contributed by atoms with Crippen molar-refractivity contribution < 1.29 is 4.79 Å². The van der Waals surface area contributed by atoms with Gasteiger partial charge in [-0.3, -0.25) is 14.6 Å². The molecule has 160 valence electrons. The molecular formula is C22H35N5OS. The van der Waals surface area contributed by atoms with Gasteiger partial charge in [0.05, 0.1) is 18.8 Å². The predicted molar refractivity (Wildman–Crippen MR) is 120 cm³/mol. The first-order chi connectivity index (χ1) is 13.7. The summed E-state index contributed by atoms with van der Waals surface area (Å²) in [5.74, 6) is 0.111. The van der Waals surface area contributed by atoms with Crippen LogP contribution in [-0.4, -0.2) is 63.5 Å². The van der Waals surface area contributed by atoms with E-state index in [9.17, 15) is 4.79 Å². The summed E-state index contributed by atoms with van der Waals surface area (Å²) in [6, 6.07) is 2.25. The highest BCUT2D eigenvalue weighted by Crippen LogP contribution is 2.28. The Morgan fingerprint density at radius 1 is 1.17 bits per heavy atom. The second-order valence-corrected chi connectivity index (χ2v) is 9.95. The second-order valence-electron chi connectivity index (χ2n) is 9.01. The molecule has 3 rings (SSSR count). The molecular weight excluding hydrogens is 382 g/mol. The summed E-state index contributed by atoms with van der Waals surface area (Å²) in [5.41, 5.74) is 4.76. The third-order valence-corrected chi connectivity index (χ3v) is 6.26. The minimum Gasteiger partial charge on any atom is -0.350 e. The predicted octanol–water partition coefficient (Wildman–Crippen LogP) is 3.28. The van der Waals surface area contributed by atoms with Crippen molar-refractivity contribution in [3.05, 3.63) is 27.8 Å². The molecule has 29 heavy (non-hydrogen) atoms. The van der Waals surface area contributed by atoms with E-state index in [1.165, 1.54) is 22.0 Å². The zero-order valence-corrected chi connectivity index (χ0v) is 19.5. The first-order valence-electron chi connectivity index (χ1n) is 10.5. The SMILES string of the molecule is CCn1c(C)cc(-c2csc(CN3CCN(CC(=O)NC(C)(C)C)CC3)n2)c1C. The van der Waals surface area contributed by atoms with Gasteiger partial charge in [0.15, 0.2) is 0 Å². The van der Waals surface area contributed by atoms with Crippen LogP contribution in [-0.2, 0) is 17.9 Å². The molecule has 0 aromatic carbocycles. The highest BCUT2D eigenvalue weighted by atomic mass is 32.1. The zero-order chi connectivity index (χ0) is 21.2. The van der Waals surface area contributed by atoms with Crippen molar-refractivity contribution >= 4 is 17.2 Å². The van der Waals surface area contributed by atoms with Crippen LogP contribution in [0.1, 0.15) is 44.1 Å².